The second kappa shape index (κ2) is 4.29. The number of hydrogen-bond donors (Lipinski definition) is 1. The van der Waals surface area contributed by atoms with Crippen molar-refractivity contribution >= 4 is 6.08 Å². The molecule has 0 aromatic carbocycles. The van der Waals surface area contributed by atoms with Crippen LogP contribution in [0.3, 0.4) is 0 Å². The first-order valence-electron chi connectivity index (χ1n) is 5.06. The van der Waals surface area contributed by atoms with E-state index < -0.39 is 0 Å². The lowest BCUT2D eigenvalue weighted by atomic mass is 10.1. The molecule has 0 spiro atoms. The maximum Gasteiger partial charge on any atom is 0.126 e. The highest BCUT2D eigenvalue weighted by Gasteiger charge is 2.07. The van der Waals surface area contributed by atoms with Crippen molar-refractivity contribution in [1.29, 1.82) is 0 Å². The van der Waals surface area contributed by atoms with Gasteiger partial charge in [0.2, 0.25) is 0 Å². The third kappa shape index (κ3) is 2.36. The predicted molar refractivity (Wildman–Crippen MR) is 57.1 cm³/mol. The van der Waals surface area contributed by atoms with E-state index in [1.807, 2.05) is 18.2 Å². The number of rotatable bonds is 2. The first-order chi connectivity index (χ1) is 6.84. The fourth-order valence-corrected chi connectivity index (χ4v) is 1.59. The fraction of sp³-hybridized carbons (Fsp3) is 0.333. The van der Waals surface area contributed by atoms with Gasteiger partial charge in [0.25, 0.3) is 0 Å². The first-order valence-corrected chi connectivity index (χ1v) is 5.06. The van der Waals surface area contributed by atoms with Gasteiger partial charge in [-0.2, -0.15) is 0 Å². The SMILES string of the molecule is C[NH+]1CC=C(/C=C/c2ccco2)CC1. The third-order valence-corrected chi connectivity index (χ3v) is 2.56. The molecule has 14 heavy (non-hydrogen) atoms. The Bertz CT molecular complexity index is 335. The van der Waals surface area contributed by atoms with Gasteiger partial charge in [0, 0.05) is 6.42 Å². The molecule has 74 valence electrons. The third-order valence-electron chi connectivity index (χ3n) is 2.56. The summed E-state index contributed by atoms with van der Waals surface area (Å²) in [5.74, 6) is 0.928. The Morgan fingerprint density at radius 1 is 1.43 bits per heavy atom. The zero-order valence-electron chi connectivity index (χ0n) is 8.49. The molecule has 2 heterocycles. The number of hydrogen-bond acceptors (Lipinski definition) is 1. The molecule has 0 bridgehead atoms. The molecule has 1 aromatic heterocycles. The van der Waals surface area contributed by atoms with E-state index in [0.29, 0.717) is 0 Å². The Labute approximate surface area is 84.5 Å². The van der Waals surface area contributed by atoms with E-state index in [-0.39, 0.29) is 0 Å². The number of nitrogens with one attached hydrogen (secondary N) is 1. The quantitative estimate of drug-likeness (QED) is 0.740. The minimum Gasteiger partial charge on any atom is -0.465 e. The van der Waals surface area contributed by atoms with E-state index in [4.69, 9.17) is 4.42 Å². The second-order valence-corrected chi connectivity index (χ2v) is 3.79. The van der Waals surface area contributed by atoms with Gasteiger partial charge in [-0.1, -0.05) is 6.08 Å². The van der Waals surface area contributed by atoms with Crippen LogP contribution in [0.1, 0.15) is 12.2 Å². The normalized spacial score (nSPS) is 22.6. The zero-order valence-corrected chi connectivity index (χ0v) is 8.49. The Kier molecular flexibility index (Phi) is 2.84. The number of allylic oxidation sites excluding steroid dienone is 1. The van der Waals surface area contributed by atoms with Gasteiger partial charge < -0.3 is 9.32 Å². The molecule has 1 aliphatic rings. The van der Waals surface area contributed by atoms with E-state index >= 15 is 0 Å². The van der Waals surface area contributed by atoms with Crippen LogP contribution in [0.25, 0.3) is 6.08 Å². The average molecular weight is 190 g/mol. The van der Waals surface area contributed by atoms with Gasteiger partial charge >= 0.3 is 0 Å². The molecule has 1 N–H and O–H groups in total. The number of furan rings is 1. The summed E-state index contributed by atoms with van der Waals surface area (Å²) in [7, 11) is 2.23. The van der Waals surface area contributed by atoms with Crippen molar-refractivity contribution in [2.24, 2.45) is 0 Å². The summed E-state index contributed by atoms with van der Waals surface area (Å²) < 4.78 is 5.23. The van der Waals surface area contributed by atoms with Crippen LogP contribution in [0.2, 0.25) is 0 Å². The van der Waals surface area contributed by atoms with Crippen molar-refractivity contribution in [2.75, 3.05) is 20.1 Å². The average Bonchev–Trinajstić information content (AvgIpc) is 2.70. The molecule has 1 unspecified atom stereocenters. The van der Waals surface area contributed by atoms with Gasteiger partial charge in [-0.05, 0) is 29.9 Å². The highest BCUT2D eigenvalue weighted by molar-refractivity contribution is 5.47. The number of likely N-dealkylation sites (N-methyl/N-ethyl adjacent to an activating group) is 1. The predicted octanol–water partition coefficient (Wildman–Crippen LogP) is 1.14. The monoisotopic (exact) mass is 190 g/mol. The lowest BCUT2D eigenvalue weighted by Gasteiger charge is -2.17. The highest BCUT2D eigenvalue weighted by Crippen LogP contribution is 2.08. The van der Waals surface area contributed by atoms with Gasteiger partial charge in [-0.25, -0.2) is 0 Å². The molecule has 1 aliphatic heterocycles. The standard InChI is InChI=1S/C12H15NO/c1-13-8-6-11(7-9-13)4-5-12-3-2-10-14-12/h2-6,10H,7-9H2,1H3/p+1/b5-4+. The van der Waals surface area contributed by atoms with Crippen LogP contribution in [-0.4, -0.2) is 20.1 Å². The largest absolute Gasteiger partial charge is 0.465 e. The van der Waals surface area contributed by atoms with Crippen LogP contribution in [0.5, 0.6) is 0 Å². The van der Waals surface area contributed by atoms with Gasteiger partial charge in [0.1, 0.15) is 5.76 Å². The molecule has 2 nitrogen and oxygen atoms in total. The van der Waals surface area contributed by atoms with Crippen LogP contribution in [0.15, 0.2) is 40.5 Å². The van der Waals surface area contributed by atoms with Gasteiger partial charge in [-0.3, -0.25) is 0 Å². The minimum atomic E-state index is 0.928. The van der Waals surface area contributed by atoms with Gasteiger partial charge in [0.05, 0.1) is 26.4 Å². The second-order valence-electron chi connectivity index (χ2n) is 3.79. The van der Waals surface area contributed by atoms with Gasteiger partial charge in [-0.15, -0.1) is 0 Å². The summed E-state index contributed by atoms with van der Waals surface area (Å²) in [5.41, 5.74) is 1.42. The molecule has 1 aromatic rings. The Hall–Kier alpha value is -1.28. The Morgan fingerprint density at radius 2 is 2.36 bits per heavy atom. The van der Waals surface area contributed by atoms with E-state index in [1.54, 1.807) is 11.2 Å². The molecule has 2 heteroatoms. The summed E-state index contributed by atoms with van der Waals surface area (Å²) in [5, 5.41) is 0. The molecular weight excluding hydrogens is 174 g/mol. The first kappa shape index (κ1) is 9.28. The van der Waals surface area contributed by atoms with Crippen molar-refractivity contribution in [3.63, 3.8) is 0 Å². The van der Waals surface area contributed by atoms with E-state index in [0.717, 1.165) is 12.3 Å². The molecule has 0 fully saturated rings. The topological polar surface area (TPSA) is 17.6 Å². The molecule has 2 rings (SSSR count). The fourth-order valence-electron chi connectivity index (χ4n) is 1.59. The van der Waals surface area contributed by atoms with Crippen molar-refractivity contribution < 1.29 is 9.32 Å². The van der Waals surface area contributed by atoms with Crippen molar-refractivity contribution in [2.45, 2.75) is 6.42 Å². The van der Waals surface area contributed by atoms with Crippen LogP contribution in [0, 0.1) is 0 Å². The Balaban J connectivity index is 1.98. The zero-order chi connectivity index (χ0) is 9.80. The highest BCUT2D eigenvalue weighted by atomic mass is 16.3. The molecule has 0 radical (unpaired) electrons. The molecule has 0 saturated carbocycles. The Morgan fingerprint density at radius 3 is 3.00 bits per heavy atom. The maximum absolute atomic E-state index is 5.23. The van der Waals surface area contributed by atoms with Crippen LogP contribution >= 0.6 is 0 Å². The lowest BCUT2D eigenvalue weighted by Crippen LogP contribution is -3.09. The molecule has 1 atom stereocenters. The smallest absolute Gasteiger partial charge is 0.126 e. The van der Waals surface area contributed by atoms with E-state index in [2.05, 4.69) is 19.2 Å². The minimum absolute atomic E-state index is 0.928. The van der Waals surface area contributed by atoms with Crippen molar-refractivity contribution in [3.05, 3.63) is 41.9 Å². The summed E-state index contributed by atoms with van der Waals surface area (Å²) in [6.45, 7) is 2.37. The van der Waals surface area contributed by atoms with Crippen molar-refractivity contribution in [3.8, 4) is 0 Å². The summed E-state index contributed by atoms with van der Waals surface area (Å²) >= 11 is 0. The van der Waals surface area contributed by atoms with Crippen LogP contribution in [-0.2, 0) is 0 Å². The summed E-state index contributed by atoms with van der Waals surface area (Å²) in [4.78, 5) is 1.58. The maximum atomic E-state index is 5.23. The van der Waals surface area contributed by atoms with Crippen LogP contribution < -0.4 is 4.90 Å². The summed E-state index contributed by atoms with van der Waals surface area (Å²) in [6.07, 6.45) is 9.37. The lowest BCUT2D eigenvalue weighted by molar-refractivity contribution is -0.874. The van der Waals surface area contributed by atoms with Crippen molar-refractivity contribution in [1.82, 2.24) is 0 Å². The van der Waals surface area contributed by atoms with E-state index in [1.165, 1.54) is 18.5 Å². The molecular formula is C12H16NO+. The van der Waals surface area contributed by atoms with Gasteiger partial charge in [0.15, 0.2) is 0 Å². The summed E-state index contributed by atoms with van der Waals surface area (Å²) in [6, 6.07) is 3.88. The molecule has 0 aliphatic carbocycles. The number of quaternary nitrogens is 1. The van der Waals surface area contributed by atoms with E-state index in [9.17, 15) is 0 Å². The van der Waals surface area contributed by atoms with Crippen LogP contribution in [0.4, 0.5) is 0 Å². The molecule has 0 saturated heterocycles. The molecule has 0 amide bonds.